The molecule has 4 nitrogen and oxygen atoms in total. The third-order valence-electron chi connectivity index (χ3n) is 3.70. The Hall–Kier alpha value is -2.79. The topological polar surface area (TPSA) is 78.2 Å². The van der Waals surface area contributed by atoms with E-state index < -0.39 is 31.4 Å². The van der Waals surface area contributed by atoms with Crippen LogP contribution in [0.4, 0.5) is 13.2 Å². The number of phenols is 1. The fraction of sp³-hybridized carbons (Fsp3) is 0.167. The highest BCUT2D eigenvalue weighted by atomic mass is 32.2. The lowest BCUT2D eigenvalue weighted by molar-refractivity contribution is -0.137. The highest BCUT2D eigenvalue weighted by molar-refractivity contribution is 7.95. The molecule has 2 rings (SSSR count). The predicted octanol–water partition coefficient (Wildman–Crippen LogP) is 4.37. The SMILES string of the molecule is Cc1cc(/C=C(/C#N)S(=O)(=O)c2ccc(C(F)(F)F)cc2)cc(C)c1O. The summed E-state index contributed by atoms with van der Waals surface area (Å²) in [5.74, 6) is 0.0613. The van der Waals surface area contributed by atoms with E-state index >= 15 is 0 Å². The standard InChI is InChI=1S/C18H14F3NO3S/c1-11-7-13(8-12(2)17(11)23)9-16(10-22)26(24,25)15-5-3-14(4-6-15)18(19,20)21/h3-9,23H,1-2H3/b16-9-. The van der Waals surface area contributed by atoms with Gasteiger partial charge in [-0.1, -0.05) is 0 Å². The van der Waals surface area contributed by atoms with Crippen LogP contribution in [0.1, 0.15) is 22.3 Å². The predicted molar refractivity (Wildman–Crippen MR) is 89.8 cm³/mol. The molecule has 0 bridgehead atoms. The fourth-order valence-electron chi connectivity index (χ4n) is 2.34. The van der Waals surface area contributed by atoms with Gasteiger partial charge in [-0.05, 0) is 73.0 Å². The van der Waals surface area contributed by atoms with Gasteiger partial charge < -0.3 is 5.11 Å². The highest BCUT2D eigenvalue weighted by Crippen LogP contribution is 2.31. The van der Waals surface area contributed by atoms with Crippen LogP contribution >= 0.6 is 0 Å². The molecular weight excluding hydrogens is 367 g/mol. The number of nitrogens with zero attached hydrogens (tertiary/aromatic N) is 1. The summed E-state index contributed by atoms with van der Waals surface area (Å²) < 4.78 is 62.9. The lowest BCUT2D eigenvalue weighted by atomic mass is 10.1. The Balaban J connectivity index is 2.51. The minimum Gasteiger partial charge on any atom is -0.507 e. The number of halogens is 3. The Labute approximate surface area is 148 Å². The molecule has 0 aliphatic rings. The Morgan fingerprint density at radius 2 is 1.62 bits per heavy atom. The first-order chi connectivity index (χ1) is 12.0. The molecule has 0 saturated carbocycles. The van der Waals surface area contributed by atoms with Crippen LogP contribution in [-0.2, 0) is 16.0 Å². The van der Waals surface area contributed by atoms with Crippen molar-refractivity contribution in [3.8, 4) is 11.8 Å². The van der Waals surface area contributed by atoms with Crippen molar-refractivity contribution in [1.82, 2.24) is 0 Å². The van der Waals surface area contributed by atoms with Crippen LogP contribution in [0.15, 0.2) is 46.2 Å². The van der Waals surface area contributed by atoms with Crippen molar-refractivity contribution in [2.24, 2.45) is 0 Å². The van der Waals surface area contributed by atoms with E-state index in [1.807, 2.05) is 0 Å². The van der Waals surface area contributed by atoms with Gasteiger partial charge in [-0.2, -0.15) is 18.4 Å². The third-order valence-corrected chi connectivity index (χ3v) is 5.38. The van der Waals surface area contributed by atoms with Crippen molar-refractivity contribution in [3.63, 3.8) is 0 Å². The molecule has 136 valence electrons. The Morgan fingerprint density at radius 3 is 2.04 bits per heavy atom. The van der Waals surface area contributed by atoms with E-state index in [1.165, 1.54) is 12.1 Å². The largest absolute Gasteiger partial charge is 0.507 e. The number of sulfone groups is 1. The molecule has 0 amide bonds. The normalized spacial score (nSPS) is 12.7. The van der Waals surface area contributed by atoms with Gasteiger partial charge in [0.15, 0.2) is 0 Å². The maximum atomic E-state index is 12.6. The molecule has 0 aliphatic heterocycles. The van der Waals surface area contributed by atoms with Crippen LogP contribution in [0.25, 0.3) is 6.08 Å². The Morgan fingerprint density at radius 1 is 1.12 bits per heavy atom. The number of phenolic OH excluding ortho intramolecular Hbond substituents is 1. The van der Waals surface area contributed by atoms with Crippen molar-refractivity contribution in [3.05, 3.63) is 63.6 Å². The summed E-state index contributed by atoms with van der Waals surface area (Å²) in [6.45, 7) is 3.24. The number of hydrogen-bond acceptors (Lipinski definition) is 4. The summed E-state index contributed by atoms with van der Waals surface area (Å²) in [7, 11) is -4.28. The summed E-state index contributed by atoms with van der Waals surface area (Å²) in [4.78, 5) is -1.02. The van der Waals surface area contributed by atoms with E-state index in [2.05, 4.69) is 0 Å². The average Bonchev–Trinajstić information content (AvgIpc) is 2.56. The summed E-state index contributed by atoms with van der Waals surface area (Å²) in [6.07, 6.45) is -3.47. The zero-order valence-electron chi connectivity index (χ0n) is 13.8. The molecule has 0 atom stereocenters. The van der Waals surface area contributed by atoms with Crippen molar-refractivity contribution < 1.29 is 26.7 Å². The van der Waals surface area contributed by atoms with E-state index in [0.29, 0.717) is 28.8 Å². The molecule has 1 N–H and O–H groups in total. The van der Waals surface area contributed by atoms with Gasteiger partial charge in [0.25, 0.3) is 0 Å². The second-order valence-corrected chi connectivity index (χ2v) is 7.57. The van der Waals surface area contributed by atoms with Crippen LogP contribution in [0.5, 0.6) is 5.75 Å². The van der Waals surface area contributed by atoms with Gasteiger partial charge in [-0.15, -0.1) is 0 Å². The molecule has 0 aromatic heterocycles. The number of aryl methyl sites for hydroxylation is 2. The number of alkyl halides is 3. The van der Waals surface area contributed by atoms with Crippen molar-refractivity contribution in [2.45, 2.75) is 24.9 Å². The number of hydrogen-bond donors (Lipinski definition) is 1. The number of nitriles is 1. The zero-order valence-corrected chi connectivity index (χ0v) is 14.6. The minimum atomic E-state index is -4.59. The van der Waals surface area contributed by atoms with Crippen molar-refractivity contribution >= 4 is 15.9 Å². The van der Waals surface area contributed by atoms with E-state index in [-0.39, 0.29) is 5.75 Å². The van der Waals surface area contributed by atoms with Gasteiger partial charge in [-0.3, -0.25) is 0 Å². The molecule has 2 aromatic rings. The summed E-state index contributed by atoms with van der Waals surface area (Å²) >= 11 is 0. The molecule has 0 aliphatic carbocycles. The highest BCUT2D eigenvalue weighted by Gasteiger charge is 2.31. The first kappa shape index (κ1) is 19.5. The second-order valence-electron chi connectivity index (χ2n) is 5.65. The number of allylic oxidation sites excluding steroid dienone is 1. The molecular formula is C18H14F3NO3S. The average molecular weight is 381 g/mol. The number of benzene rings is 2. The Kier molecular flexibility index (Phi) is 5.14. The van der Waals surface area contributed by atoms with Gasteiger partial charge in [0, 0.05) is 0 Å². The summed E-state index contributed by atoms with van der Waals surface area (Å²) in [5.41, 5.74) is 0.398. The number of aromatic hydroxyl groups is 1. The molecule has 0 heterocycles. The number of rotatable bonds is 3. The van der Waals surface area contributed by atoms with Crippen molar-refractivity contribution in [2.75, 3.05) is 0 Å². The second kappa shape index (κ2) is 6.84. The van der Waals surface area contributed by atoms with Gasteiger partial charge in [-0.25, -0.2) is 8.42 Å². The third kappa shape index (κ3) is 3.89. The van der Waals surface area contributed by atoms with E-state index in [9.17, 15) is 32.0 Å². The van der Waals surface area contributed by atoms with Crippen LogP contribution < -0.4 is 0 Å². The molecule has 2 aromatic carbocycles. The zero-order chi connectivity index (χ0) is 19.7. The monoisotopic (exact) mass is 381 g/mol. The lowest BCUT2D eigenvalue weighted by Crippen LogP contribution is -2.07. The van der Waals surface area contributed by atoms with Gasteiger partial charge in [0.05, 0.1) is 10.5 Å². The quantitative estimate of drug-likeness (QED) is 0.801. The van der Waals surface area contributed by atoms with E-state index in [1.54, 1.807) is 19.9 Å². The maximum absolute atomic E-state index is 12.6. The van der Waals surface area contributed by atoms with Gasteiger partial charge >= 0.3 is 6.18 Å². The van der Waals surface area contributed by atoms with Crippen molar-refractivity contribution in [1.29, 1.82) is 5.26 Å². The molecule has 0 fully saturated rings. The molecule has 26 heavy (non-hydrogen) atoms. The summed E-state index contributed by atoms with van der Waals surface area (Å²) in [5, 5.41) is 19.0. The molecule has 0 unspecified atom stereocenters. The first-order valence-corrected chi connectivity index (χ1v) is 8.79. The summed E-state index contributed by atoms with van der Waals surface area (Å²) in [6, 6.07) is 7.51. The van der Waals surface area contributed by atoms with Gasteiger partial charge in [0.2, 0.25) is 9.84 Å². The minimum absolute atomic E-state index is 0.0613. The maximum Gasteiger partial charge on any atom is 0.416 e. The molecule has 0 radical (unpaired) electrons. The van der Waals surface area contributed by atoms with E-state index in [0.717, 1.165) is 18.2 Å². The molecule has 0 spiro atoms. The van der Waals surface area contributed by atoms with Crippen LogP contribution in [0.2, 0.25) is 0 Å². The van der Waals surface area contributed by atoms with Crippen LogP contribution in [-0.4, -0.2) is 13.5 Å². The van der Waals surface area contributed by atoms with Crippen LogP contribution in [0.3, 0.4) is 0 Å². The molecule has 8 heteroatoms. The van der Waals surface area contributed by atoms with Crippen LogP contribution in [0, 0.1) is 25.2 Å². The van der Waals surface area contributed by atoms with Gasteiger partial charge in [0.1, 0.15) is 16.7 Å². The molecule has 0 saturated heterocycles. The fourth-order valence-corrected chi connectivity index (χ4v) is 3.50. The first-order valence-electron chi connectivity index (χ1n) is 7.31. The Bertz CT molecular complexity index is 992. The smallest absolute Gasteiger partial charge is 0.416 e. The lowest BCUT2D eigenvalue weighted by Gasteiger charge is -2.09. The van der Waals surface area contributed by atoms with E-state index in [4.69, 9.17) is 0 Å².